The molecule has 30 heavy (non-hydrogen) atoms. The minimum absolute atomic E-state index is 0.0910. The monoisotopic (exact) mass is 416 g/mol. The summed E-state index contributed by atoms with van der Waals surface area (Å²) in [4.78, 5) is 30.9. The molecule has 1 aromatic carbocycles. The van der Waals surface area contributed by atoms with E-state index in [0.717, 1.165) is 49.4 Å². The molecular weight excluding hydrogens is 384 g/mol. The maximum atomic E-state index is 12.3. The van der Waals surface area contributed by atoms with Gasteiger partial charge in [-0.1, -0.05) is 12.1 Å². The maximum absolute atomic E-state index is 12.3. The average molecular weight is 417 g/mol. The fourth-order valence-electron chi connectivity index (χ4n) is 3.90. The second kappa shape index (κ2) is 11.0. The summed E-state index contributed by atoms with van der Waals surface area (Å²) in [5.74, 6) is 0.422. The molecule has 0 spiro atoms. The summed E-state index contributed by atoms with van der Waals surface area (Å²) < 4.78 is 10.6. The van der Waals surface area contributed by atoms with Crippen molar-refractivity contribution in [1.82, 2.24) is 10.2 Å². The molecule has 2 N–H and O–H groups in total. The third kappa shape index (κ3) is 5.95. The van der Waals surface area contributed by atoms with Crippen LogP contribution in [0.2, 0.25) is 0 Å². The number of guanidine groups is 1. The lowest BCUT2D eigenvalue weighted by Crippen LogP contribution is -2.48. The van der Waals surface area contributed by atoms with Gasteiger partial charge in [0.1, 0.15) is 6.10 Å². The Morgan fingerprint density at radius 2 is 2.17 bits per heavy atom. The van der Waals surface area contributed by atoms with Gasteiger partial charge in [-0.3, -0.25) is 14.6 Å². The van der Waals surface area contributed by atoms with E-state index in [9.17, 15) is 9.59 Å². The molecule has 0 aromatic heterocycles. The van der Waals surface area contributed by atoms with Crippen molar-refractivity contribution in [1.29, 1.82) is 0 Å². The van der Waals surface area contributed by atoms with Crippen LogP contribution in [0.1, 0.15) is 38.2 Å². The van der Waals surface area contributed by atoms with Crippen LogP contribution in [0, 0.1) is 5.92 Å². The maximum Gasteiger partial charge on any atom is 0.310 e. The highest BCUT2D eigenvalue weighted by Gasteiger charge is 2.28. The van der Waals surface area contributed by atoms with E-state index in [2.05, 4.69) is 20.5 Å². The van der Waals surface area contributed by atoms with Gasteiger partial charge >= 0.3 is 5.97 Å². The van der Waals surface area contributed by atoms with E-state index in [1.54, 1.807) is 7.05 Å². The fraction of sp³-hybridized carbons (Fsp3) is 0.591. The molecule has 0 saturated carbocycles. The van der Waals surface area contributed by atoms with Gasteiger partial charge in [0, 0.05) is 39.0 Å². The van der Waals surface area contributed by atoms with Gasteiger partial charge < -0.3 is 25.0 Å². The Morgan fingerprint density at radius 3 is 2.90 bits per heavy atom. The van der Waals surface area contributed by atoms with Crippen LogP contribution in [-0.2, 0) is 25.6 Å². The van der Waals surface area contributed by atoms with Gasteiger partial charge in [0.05, 0.1) is 12.5 Å². The highest BCUT2D eigenvalue weighted by Crippen LogP contribution is 2.19. The highest BCUT2D eigenvalue weighted by molar-refractivity contribution is 5.94. The number of ether oxygens (including phenoxy) is 2. The van der Waals surface area contributed by atoms with Crippen LogP contribution in [0.25, 0.3) is 0 Å². The van der Waals surface area contributed by atoms with Crippen LogP contribution in [0.15, 0.2) is 29.3 Å². The Labute approximate surface area is 178 Å². The van der Waals surface area contributed by atoms with Gasteiger partial charge in [-0.05, 0) is 50.3 Å². The molecule has 8 nitrogen and oxygen atoms in total. The lowest BCUT2D eigenvalue weighted by molar-refractivity contribution is -0.149. The number of aliphatic imine (C=N–C) groups is 1. The molecule has 0 bridgehead atoms. The van der Waals surface area contributed by atoms with E-state index in [4.69, 9.17) is 9.47 Å². The van der Waals surface area contributed by atoms with Crippen molar-refractivity contribution in [3.05, 3.63) is 29.8 Å². The Balaban J connectivity index is 1.54. The molecule has 2 aliphatic rings. The predicted octanol–water partition coefficient (Wildman–Crippen LogP) is 2.15. The zero-order chi connectivity index (χ0) is 21.3. The van der Waals surface area contributed by atoms with Crippen molar-refractivity contribution in [3.63, 3.8) is 0 Å². The number of carbonyl (C=O) groups excluding carboxylic acids is 2. The summed E-state index contributed by atoms with van der Waals surface area (Å²) in [5, 5.41) is 6.30. The van der Waals surface area contributed by atoms with Crippen molar-refractivity contribution in [2.75, 3.05) is 38.7 Å². The number of anilines is 1. The van der Waals surface area contributed by atoms with Crippen LogP contribution in [0.5, 0.6) is 0 Å². The van der Waals surface area contributed by atoms with Gasteiger partial charge in [-0.25, -0.2) is 0 Å². The minimum Gasteiger partial charge on any atom is -0.466 e. The predicted molar refractivity (Wildman–Crippen MR) is 115 cm³/mol. The minimum atomic E-state index is -0.350. The SMILES string of the molecule is CCOC(=O)C1CCCN(C(=NC)NCc2cccc(NC(=O)C3CCCO3)c2)C1. The molecule has 1 amide bonds. The molecule has 3 rings (SSSR count). The summed E-state index contributed by atoms with van der Waals surface area (Å²) in [5.41, 5.74) is 1.78. The van der Waals surface area contributed by atoms with Crippen LogP contribution >= 0.6 is 0 Å². The highest BCUT2D eigenvalue weighted by atomic mass is 16.5. The molecule has 8 heteroatoms. The second-order valence-corrected chi connectivity index (χ2v) is 7.63. The molecule has 2 atom stereocenters. The number of benzene rings is 1. The topological polar surface area (TPSA) is 92.3 Å². The van der Waals surface area contributed by atoms with Gasteiger partial charge in [0.2, 0.25) is 0 Å². The molecule has 2 heterocycles. The van der Waals surface area contributed by atoms with E-state index < -0.39 is 0 Å². The first-order chi connectivity index (χ1) is 14.6. The fourth-order valence-corrected chi connectivity index (χ4v) is 3.90. The first-order valence-electron chi connectivity index (χ1n) is 10.7. The quantitative estimate of drug-likeness (QED) is 0.419. The summed E-state index contributed by atoms with van der Waals surface area (Å²) >= 11 is 0. The number of hydrogen-bond acceptors (Lipinski definition) is 5. The number of nitrogens with zero attached hydrogens (tertiary/aromatic N) is 2. The van der Waals surface area contributed by atoms with Crippen LogP contribution < -0.4 is 10.6 Å². The van der Waals surface area contributed by atoms with Crippen LogP contribution in [0.4, 0.5) is 5.69 Å². The molecule has 164 valence electrons. The van der Waals surface area contributed by atoms with E-state index in [1.807, 2.05) is 31.2 Å². The number of hydrogen-bond donors (Lipinski definition) is 2. The largest absolute Gasteiger partial charge is 0.466 e. The number of amides is 1. The Bertz CT molecular complexity index is 761. The Kier molecular flexibility index (Phi) is 8.07. The number of carbonyl (C=O) groups is 2. The number of rotatable bonds is 6. The third-order valence-electron chi connectivity index (χ3n) is 5.42. The van der Waals surface area contributed by atoms with Crippen molar-refractivity contribution in [2.24, 2.45) is 10.9 Å². The number of esters is 1. The second-order valence-electron chi connectivity index (χ2n) is 7.63. The van der Waals surface area contributed by atoms with Crippen LogP contribution in [0.3, 0.4) is 0 Å². The lowest BCUT2D eigenvalue weighted by atomic mass is 9.98. The van der Waals surface area contributed by atoms with E-state index in [0.29, 0.717) is 26.3 Å². The van der Waals surface area contributed by atoms with Gasteiger partial charge in [0.15, 0.2) is 5.96 Å². The zero-order valence-electron chi connectivity index (χ0n) is 17.9. The standard InChI is InChI=1S/C22H32N4O4/c1-3-29-21(28)17-8-5-11-26(15-17)22(23-2)24-14-16-7-4-9-18(13-16)25-20(27)19-10-6-12-30-19/h4,7,9,13,17,19H,3,5-6,8,10-12,14-15H2,1-2H3,(H,23,24)(H,25,27). The third-order valence-corrected chi connectivity index (χ3v) is 5.42. The molecule has 2 saturated heterocycles. The van der Waals surface area contributed by atoms with Crippen molar-refractivity contribution in [2.45, 2.75) is 45.3 Å². The van der Waals surface area contributed by atoms with Gasteiger partial charge in [-0.15, -0.1) is 0 Å². The number of piperidine rings is 1. The molecular formula is C22H32N4O4. The number of likely N-dealkylation sites (tertiary alicyclic amines) is 1. The first kappa shape index (κ1) is 22.1. The molecule has 2 fully saturated rings. The normalized spacial score (nSPS) is 21.9. The van der Waals surface area contributed by atoms with Gasteiger partial charge in [-0.2, -0.15) is 0 Å². The Hall–Kier alpha value is -2.61. The molecule has 1 aromatic rings. The van der Waals surface area contributed by atoms with E-state index in [1.165, 1.54) is 0 Å². The number of nitrogens with one attached hydrogen (secondary N) is 2. The summed E-state index contributed by atoms with van der Waals surface area (Å²) in [6, 6.07) is 7.74. The van der Waals surface area contributed by atoms with Crippen molar-refractivity contribution < 1.29 is 19.1 Å². The molecule has 2 unspecified atom stereocenters. The van der Waals surface area contributed by atoms with Crippen LogP contribution in [-0.4, -0.2) is 62.2 Å². The van der Waals surface area contributed by atoms with E-state index in [-0.39, 0.29) is 23.9 Å². The zero-order valence-corrected chi connectivity index (χ0v) is 17.9. The summed E-state index contributed by atoms with van der Waals surface area (Å²) in [6.07, 6.45) is 3.12. The summed E-state index contributed by atoms with van der Waals surface area (Å²) in [7, 11) is 1.74. The van der Waals surface area contributed by atoms with Crippen molar-refractivity contribution in [3.8, 4) is 0 Å². The first-order valence-corrected chi connectivity index (χ1v) is 10.7. The van der Waals surface area contributed by atoms with E-state index >= 15 is 0 Å². The van der Waals surface area contributed by atoms with Crippen molar-refractivity contribution >= 4 is 23.5 Å². The smallest absolute Gasteiger partial charge is 0.310 e. The Morgan fingerprint density at radius 1 is 1.30 bits per heavy atom. The summed E-state index contributed by atoms with van der Waals surface area (Å²) in [6.45, 7) is 4.91. The van der Waals surface area contributed by atoms with Gasteiger partial charge in [0.25, 0.3) is 5.91 Å². The molecule has 0 radical (unpaired) electrons. The molecule has 0 aliphatic carbocycles. The molecule has 2 aliphatic heterocycles. The lowest BCUT2D eigenvalue weighted by Gasteiger charge is -2.34. The average Bonchev–Trinajstić information content (AvgIpc) is 3.30.